The number of hydrogen-bond donors (Lipinski definition) is 0. The summed E-state index contributed by atoms with van der Waals surface area (Å²) in [5.41, 5.74) is 0. The van der Waals surface area contributed by atoms with E-state index in [1.165, 1.54) is 37.4 Å². The highest BCUT2D eigenvalue weighted by atomic mass is 28.3. The first kappa shape index (κ1) is 12.2. The van der Waals surface area contributed by atoms with Gasteiger partial charge in [0.2, 0.25) is 0 Å². The third kappa shape index (κ3) is 3.72. The largest absolute Gasteiger partial charge is 0.241 e. The SMILES string of the molecule is CCC[Si](C[O])(CCC)CCC. The van der Waals surface area contributed by atoms with E-state index >= 15 is 0 Å². The molecular weight excluding hydrogens is 164 g/mol. The Labute approximate surface area is 78.2 Å². The van der Waals surface area contributed by atoms with Crippen LogP contribution in [0, 0.1) is 0 Å². The minimum atomic E-state index is -1.33. The second-order valence-electron chi connectivity index (χ2n) is 3.89. The topological polar surface area (TPSA) is 19.9 Å². The summed E-state index contributed by atoms with van der Waals surface area (Å²) in [4.78, 5) is 0. The average Bonchev–Trinajstić information content (AvgIpc) is 2.06. The molecule has 73 valence electrons. The molecule has 0 N–H and O–H groups in total. The third-order valence-electron chi connectivity index (χ3n) is 2.65. The van der Waals surface area contributed by atoms with Crippen LogP contribution >= 0.6 is 0 Å². The van der Waals surface area contributed by atoms with E-state index < -0.39 is 8.07 Å². The van der Waals surface area contributed by atoms with Crippen LogP contribution in [-0.4, -0.2) is 14.3 Å². The monoisotopic (exact) mass is 187 g/mol. The summed E-state index contributed by atoms with van der Waals surface area (Å²) in [6.07, 6.45) is 3.92. The summed E-state index contributed by atoms with van der Waals surface area (Å²) in [6.45, 7) is 6.63. The highest BCUT2D eigenvalue weighted by Crippen LogP contribution is 2.25. The molecule has 0 unspecified atom stereocenters. The standard InChI is InChI=1S/C10H23OSi/c1-4-7-12(10-11,8-5-2)9-6-3/h4-10H2,1-3H3. The normalized spacial score (nSPS) is 12.0. The predicted octanol–water partition coefficient (Wildman–Crippen LogP) is 3.63. The third-order valence-corrected chi connectivity index (χ3v) is 7.94. The van der Waals surface area contributed by atoms with Crippen LogP contribution in [0.25, 0.3) is 0 Å². The number of hydrogen-bond acceptors (Lipinski definition) is 0. The molecule has 0 amide bonds. The second kappa shape index (κ2) is 6.67. The molecule has 0 saturated carbocycles. The van der Waals surface area contributed by atoms with Crippen molar-refractivity contribution < 1.29 is 5.11 Å². The van der Waals surface area contributed by atoms with Gasteiger partial charge >= 0.3 is 0 Å². The Morgan fingerprint density at radius 1 is 0.833 bits per heavy atom. The molecule has 0 bridgehead atoms. The first-order valence-electron chi connectivity index (χ1n) is 5.32. The molecule has 12 heavy (non-hydrogen) atoms. The molecule has 0 fully saturated rings. The van der Waals surface area contributed by atoms with Crippen LogP contribution in [0.4, 0.5) is 0 Å². The van der Waals surface area contributed by atoms with E-state index in [1.807, 2.05) is 0 Å². The molecule has 0 aliphatic carbocycles. The van der Waals surface area contributed by atoms with Gasteiger partial charge < -0.3 is 0 Å². The zero-order valence-electron chi connectivity index (χ0n) is 8.86. The van der Waals surface area contributed by atoms with Crippen molar-refractivity contribution in [1.82, 2.24) is 0 Å². The van der Waals surface area contributed by atoms with E-state index in [0.29, 0.717) is 0 Å². The van der Waals surface area contributed by atoms with E-state index in [-0.39, 0.29) is 6.23 Å². The van der Waals surface area contributed by atoms with Gasteiger partial charge in [0.25, 0.3) is 0 Å². The summed E-state index contributed by atoms with van der Waals surface area (Å²) < 4.78 is 0. The quantitative estimate of drug-likeness (QED) is 0.542. The molecule has 0 rings (SSSR count). The molecule has 0 aliphatic rings. The minimum Gasteiger partial charge on any atom is -0.241 e. The van der Waals surface area contributed by atoms with Crippen molar-refractivity contribution in [3.05, 3.63) is 0 Å². The molecule has 0 spiro atoms. The van der Waals surface area contributed by atoms with Crippen molar-refractivity contribution in [1.29, 1.82) is 0 Å². The van der Waals surface area contributed by atoms with E-state index in [0.717, 1.165) is 0 Å². The van der Waals surface area contributed by atoms with E-state index in [4.69, 9.17) is 0 Å². The molecule has 0 aromatic carbocycles. The fourth-order valence-corrected chi connectivity index (χ4v) is 6.55. The lowest BCUT2D eigenvalue weighted by Crippen LogP contribution is -2.37. The molecule has 0 saturated heterocycles. The van der Waals surface area contributed by atoms with Crippen molar-refractivity contribution in [3.63, 3.8) is 0 Å². The Kier molecular flexibility index (Phi) is 6.77. The van der Waals surface area contributed by atoms with Gasteiger partial charge in [-0.25, -0.2) is 5.11 Å². The molecular formula is C10H23OSi. The van der Waals surface area contributed by atoms with Gasteiger partial charge in [0.15, 0.2) is 0 Å². The zero-order chi connectivity index (χ0) is 9.45. The zero-order valence-corrected chi connectivity index (χ0v) is 9.86. The molecule has 0 aromatic heterocycles. The fourth-order valence-electron chi connectivity index (χ4n) is 2.18. The summed E-state index contributed by atoms with van der Waals surface area (Å²) >= 11 is 0. The summed E-state index contributed by atoms with van der Waals surface area (Å²) in [5, 5.41) is 11.2. The Balaban J connectivity index is 4.06. The lowest BCUT2D eigenvalue weighted by Gasteiger charge is -2.27. The van der Waals surface area contributed by atoms with Crippen molar-refractivity contribution in [2.45, 2.75) is 58.2 Å². The van der Waals surface area contributed by atoms with Crippen LogP contribution in [0.1, 0.15) is 40.0 Å². The summed E-state index contributed by atoms with van der Waals surface area (Å²) in [7, 11) is -1.33. The highest BCUT2D eigenvalue weighted by Gasteiger charge is 2.29. The van der Waals surface area contributed by atoms with Crippen LogP contribution in [-0.2, 0) is 5.11 Å². The van der Waals surface area contributed by atoms with Gasteiger partial charge in [-0.05, 0) is 0 Å². The molecule has 1 radical (unpaired) electrons. The van der Waals surface area contributed by atoms with E-state index in [9.17, 15) is 5.11 Å². The lowest BCUT2D eigenvalue weighted by molar-refractivity contribution is 0.243. The van der Waals surface area contributed by atoms with Gasteiger partial charge in [0, 0.05) is 0 Å². The average molecular weight is 187 g/mol. The maximum atomic E-state index is 11.2. The molecule has 1 nitrogen and oxygen atoms in total. The fraction of sp³-hybridized carbons (Fsp3) is 1.00. The second-order valence-corrected chi connectivity index (χ2v) is 8.68. The highest BCUT2D eigenvalue weighted by molar-refractivity contribution is 6.79. The Morgan fingerprint density at radius 2 is 1.17 bits per heavy atom. The van der Waals surface area contributed by atoms with Crippen molar-refractivity contribution >= 4 is 8.07 Å². The van der Waals surface area contributed by atoms with E-state index in [1.54, 1.807) is 0 Å². The van der Waals surface area contributed by atoms with Gasteiger partial charge in [0.1, 0.15) is 0 Å². The van der Waals surface area contributed by atoms with Crippen LogP contribution in [0.2, 0.25) is 18.1 Å². The maximum Gasteiger partial charge on any atom is 0.0879 e. The van der Waals surface area contributed by atoms with Crippen molar-refractivity contribution in [2.24, 2.45) is 0 Å². The maximum absolute atomic E-state index is 11.2. The Morgan fingerprint density at radius 3 is 1.33 bits per heavy atom. The minimum absolute atomic E-state index is 0.266. The van der Waals surface area contributed by atoms with Crippen LogP contribution in [0.5, 0.6) is 0 Å². The first-order chi connectivity index (χ1) is 5.74. The Hall–Kier alpha value is 0.177. The Bertz CT molecular complexity index is 87.0. The van der Waals surface area contributed by atoms with Crippen molar-refractivity contribution in [2.75, 3.05) is 6.23 Å². The van der Waals surface area contributed by atoms with Crippen LogP contribution < -0.4 is 0 Å². The predicted molar refractivity (Wildman–Crippen MR) is 56.6 cm³/mol. The molecule has 0 atom stereocenters. The number of rotatable bonds is 7. The molecule has 0 heterocycles. The van der Waals surface area contributed by atoms with Crippen LogP contribution in [0.3, 0.4) is 0 Å². The van der Waals surface area contributed by atoms with Gasteiger partial charge in [-0.1, -0.05) is 58.2 Å². The smallest absolute Gasteiger partial charge is 0.0879 e. The van der Waals surface area contributed by atoms with E-state index in [2.05, 4.69) is 20.8 Å². The first-order valence-corrected chi connectivity index (χ1v) is 8.15. The van der Waals surface area contributed by atoms with Crippen molar-refractivity contribution in [3.8, 4) is 0 Å². The van der Waals surface area contributed by atoms with Gasteiger partial charge in [-0.2, -0.15) is 0 Å². The summed E-state index contributed by atoms with van der Waals surface area (Å²) in [5.74, 6) is 0. The van der Waals surface area contributed by atoms with Gasteiger partial charge in [-0.15, -0.1) is 0 Å². The lowest BCUT2D eigenvalue weighted by atomic mass is 10.5. The van der Waals surface area contributed by atoms with Gasteiger partial charge in [-0.3, -0.25) is 0 Å². The molecule has 2 heteroatoms. The van der Waals surface area contributed by atoms with Gasteiger partial charge in [0.05, 0.1) is 14.3 Å². The molecule has 0 aliphatic heterocycles. The molecule has 0 aromatic rings. The summed E-state index contributed by atoms with van der Waals surface area (Å²) in [6, 6.07) is 3.79. The van der Waals surface area contributed by atoms with Crippen LogP contribution in [0.15, 0.2) is 0 Å².